The van der Waals surface area contributed by atoms with E-state index in [0.29, 0.717) is 6.54 Å². The highest BCUT2D eigenvalue weighted by molar-refractivity contribution is 5.83. The summed E-state index contributed by atoms with van der Waals surface area (Å²) in [6.07, 6.45) is -0.789. The predicted molar refractivity (Wildman–Crippen MR) is 75.2 cm³/mol. The molecule has 1 atom stereocenters. The highest BCUT2D eigenvalue weighted by Gasteiger charge is 2.19. The number of hydrogen-bond acceptors (Lipinski definition) is 4. The van der Waals surface area contributed by atoms with Crippen LogP contribution in [0.4, 0.5) is 0 Å². The van der Waals surface area contributed by atoms with E-state index in [1.54, 1.807) is 27.9 Å². The van der Waals surface area contributed by atoms with E-state index in [4.69, 9.17) is 9.47 Å². The molecule has 0 aromatic heterocycles. The average Bonchev–Trinajstić information content (AvgIpc) is 2.44. The number of carbonyl (C=O) groups excluding carboxylic acids is 2. The molecule has 5 heteroatoms. The Morgan fingerprint density at radius 1 is 1.15 bits per heavy atom. The molecule has 0 aliphatic carbocycles. The molecule has 0 saturated heterocycles. The third kappa shape index (κ3) is 4.91. The fourth-order valence-electron chi connectivity index (χ4n) is 1.44. The van der Waals surface area contributed by atoms with Gasteiger partial charge in [-0.25, -0.2) is 0 Å². The minimum Gasteiger partial charge on any atom is -0.497 e. The molecule has 1 aromatic carbocycles. The number of carbonyl (C=O) groups is 2. The van der Waals surface area contributed by atoms with Gasteiger partial charge in [0, 0.05) is 6.54 Å². The molecule has 0 spiro atoms. The van der Waals surface area contributed by atoms with Gasteiger partial charge in [-0.05, 0) is 24.6 Å². The summed E-state index contributed by atoms with van der Waals surface area (Å²) in [7, 11) is 1.60. The molecule has 20 heavy (non-hydrogen) atoms. The molecule has 0 fully saturated rings. The van der Waals surface area contributed by atoms with Crippen molar-refractivity contribution in [1.29, 1.82) is 0 Å². The Labute approximate surface area is 119 Å². The van der Waals surface area contributed by atoms with E-state index in [1.807, 2.05) is 24.3 Å². The van der Waals surface area contributed by atoms with Crippen molar-refractivity contribution in [3.8, 4) is 5.75 Å². The molecule has 0 unspecified atom stereocenters. The normalized spacial score (nSPS) is 11.8. The van der Waals surface area contributed by atoms with Crippen molar-refractivity contribution in [1.82, 2.24) is 5.32 Å². The molecule has 0 heterocycles. The highest BCUT2D eigenvalue weighted by atomic mass is 16.5. The fraction of sp³-hybridized carbons (Fsp3) is 0.467. The summed E-state index contributed by atoms with van der Waals surface area (Å²) in [5, 5.41) is 2.72. The molecule has 1 rings (SSSR count). The quantitative estimate of drug-likeness (QED) is 0.808. The van der Waals surface area contributed by atoms with Gasteiger partial charge in [0.15, 0.2) is 6.10 Å². The van der Waals surface area contributed by atoms with Gasteiger partial charge in [-0.3, -0.25) is 9.59 Å². The fourth-order valence-corrected chi connectivity index (χ4v) is 1.44. The Bertz CT molecular complexity index is 453. The van der Waals surface area contributed by atoms with Gasteiger partial charge in [-0.15, -0.1) is 0 Å². The molecule has 1 aromatic rings. The first kappa shape index (κ1) is 16.0. The van der Waals surface area contributed by atoms with Gasteiger partial charge in [-0.1, -0.05) is 26.0 Å². The second-order valence-electron chi connectivity index (χ2n) is 4.80. The first-order valence-electron chi connectivity index (χ1n) is 6.55. The summed E-state index contributed by atoms with van der Waals surface area (Å²) < 4.78 is 10.1. The zero-order valence-electron chi connectivity index (χ0n) is 12.3. The second-order valence-corrected chi connectivity index (χ2v) is 4.80. The van der Waals surface area contributed by atoms with Gasteiger partial charge in [0.25, 0.3) is 5.91 Å². The molecule has 0 aliphatic heterocycles. The van der Waals surface area contributed by atoms with Gasteiger partial charge in [-0.2, -0.15) is 0 Å². The third-order valence-electron chi connectivity index (χ3n) is 2.76. The number of amides is 1. The minimum absolute atomic E-state index is 0.244. The molecular formula is C15H21NO4. The van der Waals surface area contributed by atoms with Crippen LogP contribution in [0.15, 0.2) is 24.3 Å². The summed E-state index contributed by atoms with van der Waals surface area (Å²) in [4.78, 5) is 23.2. The Balaban J connectivity index is 2.43. The Morgan fingerprint density at radius 2 is 1.75 bits per heavy atom. The zero-order valence-corrected chi connectivity index (χ0v) is 12.3. The topological polar surface area (TPSA) is 64.6 Å². The van der Waals surface area contributed by atoms with Crippen molar-refractivity contribution >= 4 is 11.9 Å². The number of rotatable bonds is 6. The molecule has 0 bridgehead atoms. The van der Waals surface area contributed by atoms with Crippen molar-refractivity contribution in [3.05, 3.63) is 29.8 Å². The lowest BCUT2D eigenvalue weighted by Crippen LogP contribution is -2.36. The van der Waals surface area contributed by atoms with Crippen molar-refractivity contribution in [2.45, 2.75) is 33.4 Å². The van der Waals surface area contributed by atoms with Crippen LogP contribution in [0, 0.1) is 5.92 Å². The van der Waals surface area contributed by atoms with E-state index in [9.17, 15) is 9.59 Å². The number of methoxy groups -OCH3 is 1. The average molecular weight is 279 g/mol. The van der Waals surface area contributed by atoms with Gasteiger partial charge < -0.3 is 14.8 Å². The van der Waals surface area contributed by atoms with Crippen molar-refractivity contribution < 1.29 is 19.1 Å². The summed E-state index contributed by atoms with van der Waals surface area (Å²) in [6.45, 7) is 5.39. The third-order valence-corrected chi connectivity index (χ3v) is 2.76. The van der Waals surface area contributed by atoms with Crippen LogP contribution >= 0.6 is 0 Å². The predicted octanol–water partition coefficient (Wildman–Crippen LogP) is 1.90. The van der Waals surface area contributed by atoms with Crippen molar-refractivity contribution in [3.63, 3.8) is 0 Å². The summed E-state index contributed by atoms with van der Waals surface area (Å²) >= 11 is 0. The van der Waals surface area contributed by atoms with Gasteiger partial charge in [0.1, 0.15) is 5.75 Å². The number of hydrogen-bond donors (Lipinski definition) is 1. The van der Waals surface area contributed by atoms with E-state index in [2.05, 4.69) is 5.32 Å². The molecule has 0 saturated carbocycles. The van der Waals surface area contributed by atoms with Gasteiger partial charge in [0.05, 0.1) is 13.0 Å². The lowest BCUT2D eigenvalue weighted by Gasteiger charge is -2.15. The first-order valence-corrected chi connectivity index (χ1v) is 6.55. The Kier molecular flexibility index (Phi) is 6.03. The monoisotopic (exact) mass is 279 g/mol. The number of nitrogens with one attached hydrogen (secondary N) is 1. The largest absolute Gasteiger partial charge is 0.497 e. The Morgan fingerprint density at radius 3 is 2.25 bits per heavy atom. The van der Waals surface area contributed by atoms with E-state index < -0.39 is 6.10 Å². The van der Waals surface area contributed by atoms with E-state index in [0.717, 1.165) is 11.3 Å². The highest BCUT2D eigenvalue weighted by Crippen LogP contribution is 2.11. The first-order chi connectivity index (χ1) is 9.43. The molecule has 0 radical (unpaired) electrons. The molecule has 1 amide bonds. The van der Waals surface area contributed by atoms with Crippen molar-refractivity contribution in [2.75, 3.05) is 7.11 Å². The van der Waals surface area contributed by atoms with Crippen molar-refractivity contribution in [2.24, 2.45) is 5.92 Å². The van der Waals surface area contributed by atoms with Crippen LogP contribution in [-0.4, -0.2) is 25.1 Å². The van der Waals surface area contributed by atoms with Crippen LogP contribution in [0.5, 0.6) is 5.75 Å². The maximum atomic E-state index is 11.8. The molecule has 0 aliphatic rings. The van der Waals surface area contributed by atoms with Crippen LogP contribution < -0.4 is 10.1 Å². The maximum absolute atomic E-state index is 11.8. The van der Waals surface area contributed by atoms with E-state index >= 15 is 0 Å². The van der Waals surface area contributed by atoms with Crippen LogP contribution in [0.2, 0.25) is 0 Å². The molecular weight excluding hydrogens is 258 g/mol. The molecule has 1 N–H and O–H groups in total. The van der Waals surface area contributed by atoms with E-state index in [1.165, 1.54) is 0 Å². The summed E-state index contributed by atoms with van der Waals surface area (Å²) in [5.41, 5.74) is 0.946. The number of esters is 1. The molecule has 110 valence electrons. The lowest BCUT2D eigenvalue weighted by atomic mass is 10.2. The standard InChI is InChI=1S/C15H21NO4/c1-10(2)15(18)20-11(3)14(17)16-9-12-5-7-13(19-4)8-6-12/h5-8,10-11H,9H2,1-4H3,(H,16,17)/t11-/m1/s1. The van der Waals surface area contributed by atoms with Crippen LogP contribution in [0.25, 0.3) is 0 Å². The van der Waals surface area contributed by atoms with Gasteiger partial charge in [0.2, 0.25) is 0 Å². The minimum atomic E-state index is -0.789. The second kappa shape index (κ2) is 7.53. The molecule has 5 nitrogen and oxygen atoms in total. The number of benzene rings is 1. The SMILES string of the molecule is COc1ccc(CNC(=O)[C@@H](C)OC(=O)C(C)C)cc1. The lowest BCUT2D eigenvalue weighted by molar-refractivity contribution is -0.157. The van der Waals surface area contributed by atoms with Gasteiger partial charge >= 0.3 is 5.97 Å². The zero-order chi connectivity index (χ0) is 15.1. The van der Waals surface area contributed by atoms with E-state index in [-0.39, 0.29) is 17.8 Å². The Hall–Kier alpha value is -2.04. The summed E-state index contributed by atoms with van der Waals surface area (Å²) in [6, 6.07) is 7.38. The van der Waals surface area contributed by atoms with Crippen LogP contribution in [-0.2, 0) is 20.9 Å². The number of ether oxygens (including phenoxy) is 2. The maximum Gasteiger partial charge on any atom is 0.309 e. The van der Waals surface area contributed by atoms with Crippen LogP contribution in [0.3, 0.4) is 0 Å². The van der Waals surface area contributed by atoms with Crippen LogP contribution in [0.1, 0.15) is 26.3 Å². The summed E-state index contributed by atoms with van der Waals surface area (Å²) in [5.74, 6) is -0.168. The smallest absolute Gasteiger partial charge is 0.309 e.